The van der Waals surface area contributed by atoms with Crippen LogP contribution in [0.5, 0.6) is 0 Å². The second-order valence-electron chi connectivity index (χ2n) is 6.22. The normalized spacial score (nSPS) is 11.5. The molecule has 8 heteroatoms. The summed E-state index contributed by atoms with van der Waals surface area (Å²) in [6, 6.07) is 14.2. The van der Waals surface area contributed by atoms with Crippen molar-refractivity contribution in [1.29, 1.82) is 5.26 Å². The molecule has 2 aromatic heterocycles. The first-order valence-electron chi connectivity index (χ1n) is 8.64. The first kappa shape index (κ1) is 19.3. The topological polar surface area (TPSA) is 99.8 Å². The number of aryl methyl sites for hydroxylation is 2. The number of hydrogen-bond acceptors (Lipinski definition) is 5. The Balaban J connectivity index is 1.71. The molecule has 142 valence electrons. The van der Waals surface area contributed by atoms with Crippen molar-refractivity contribution < 1.29 is 9.59 Å². The summed E-state index contributed by atoms with van der Waals surface area (Å²) in [6.45, 7) is 4.08. The Morgan fingerprint density at radius 3 is 2.64 bits per heavy atom. The van der Waals surface area contributed by atoms with E-state index in [1.165, 1.54) is 0 Å². The molecule has 0 unspecified atom stereocenters. The van der Waals surface area contributed by atoms with Gasteiger partial charge in [0.1, 0.15) is 12.1 Å². The van der Waals surface area contributed by atoms with Crippen LogP contribution in [0.15, 0.2) is 47.8 Å². The first-order chi connectivity index (χ1) is 13.5. The van der Waals surface area contributed by atoms with Gasteiger partial charge in [-0.1, -0.05) is 18.2 Å². The van der Waals surface area contributed by atoms with E-state index in [9.17, 15) is 9.59 Å². The molecule has 3 rings (SSSR count). The molecule has 0 aliphatic heterocycles. The van der Waals surface area contributed by atoms with Crippen LogP contribution >= 0.6 is 11.3 Å². The number of benzene rings is 1. The monoisotopic (exact) mass is 393 g/mol. The fourth-order valence-electron chi connectivity index (χ4n) is 2.89. The van der Waals surface area contributed by atoms with Crippen molar-refractivity contribution >= 4 is 28.8 Å². The van der Waals surface area contributed by atoms with E-state index in [0.717, 1.165) is 16.3 Å². The van der Waals surface area contributed by atoms with Gasteiger partial charge in [0.15, 0.2) is 0 Å². The number of nitriles is 1. The number of nitrogens with one attached hydrogen (secondary N) is 2. The second kappa shape index (κ2) is 8.50. The highest BCUT2D eigenvalue weighted by Crippen LogP contribution is 2.24. The van der Waals surface area contributed by atoms with Crippen molar-refractivity contribution in [2.45, 2.75) is 19.9 Å². The van der Waals surface area contributed by atoms with Gasteiger partial charge in [-0.3, -0.25) is 14.3 Å². The molecule has 1 atom stereocenters. The van der Waals surface area contributed by atoms with Crippen molar-refractivity contribution in [3.63, 3.8) is 0 Å². The quantitative estimate of drug-likeness (QED) is 0.651. The van der Waals surface area contributed by atoms with Crippen molar-refractivity contribution in [1.82, 2.24) is 15.1 Å². The number of aromatic nitrogens is 2. The predicted molar refractivity (Wildman–Crippen MR) is 107 cm³/mol. The Labute approximate surface area is 166 Å². The van der Waals surface area contributed by atoms with Gasteiger partial charge in [0.05, 0.1) is 16.9 Å². The Morgan fingerprint density at radius 1 is 1.21 bits per heavy atom. The number of anilines is 1. The number of nitrogens with zero attached hydrogens (tertiary/aromatic N) is 3. The summed E-state index contributed by atoms with van der Waals surface area (Å²) >= 11 is 1.56. The molecule has 3 aromatic rings. The van der Waals surface area contributed by atoms with E-state index in [-0.39, 0.29) is 12.6 Å². The van der Waals surface area contributed by atoms with Crippen LogP contribution in [0.25, 0.3) is 0 Å². The molecule has 2 amide bonds. The van der Waals surface area contributed by atoms with Crippen molar-refractivity contribution in [2.24, 2.45) is 0 Å². The highest BCUT2D eigenvalue weighted by Gasteiger charge is 2.21. The zero-order valence-electron chi connectivity index (χ0n) is 15.5. The summed E-state index contributed by atoms with van der Waals surface area (Å²) in [4.78, 5) is 25.6. The van der Waals surface area contributed by atoms with Crippen LogP contribution in [-0.4, -0.2) is 28.1 Å². The van der Waals surface area contributed by atoms with Crippen LogP contribution in [0.3, 0.4) is 0 Å². The van der Waals surface area contributed by atoms with Gasteiger partial charge in [0.25, 0.3) is 0 Å². The number of rotatable bonds is 5. The zero-order chi connectivity index (χ0) is 20.1. The third-order valence-electron chi connectivity index (χ3n) is 4.17. The molecule has 0 saturated carbocycles. The van der Waals surface area contributed by atoms with Gasteiger partial charge in [0, 0.05) is 17.1 Å². The molecular formula is C20H19N5O2S. The minimum Gasteiger partial charge on any atom is -0.345 e. The first-order valence-corrected chi connectivity index (χ1v) is 9.52. The fourth-order valence-corrected chi connectivity index (χ4v) is 3.70. The van der Waals surface area contributed by atoms with Crippen LogP contribution in [0, 0.1) is 25.2 Å². The van der Waals surface area contributed by atoms with E-state index >= 15 is 0 Å². The minimum absolute atomic E-state index is 0.211. The van der Waals surface area contributed by atoms with Crippen molar-refractivity contribution in [3.05, 3.63) is 69.7 Å². The van der Waals surface area contributed by atoms with Gasteiger partial charge in [-0.05, 0) is 43.5 Å². The smallest absolute Gasteiger partial charge is 0.313 e. The van der Waals surface area contributed by atoms with Gasteiger partial charge in [-0.15, -0.1) is 11.3 Å². The van der Waals surface area contributed by atoms with Crippen LogP contribution in [0.2, 0.25) is 0 Å². The molecule has 28 heavy (non-hydrogen) atoms. The van der Waals surface area contributed by atoms with E-state index in [0.29, 0.717) is 11.3 Å². The molecule has 1 aromatic carbocycles. The number of amides is 2. The maximum absolute atomic E-state index is 12.3. The molecule has 0 aliphatic carbocycles. The lowest BCUT2D eigenvalue weighted by Crippen LogP contribution is -2.39. The summed E-state index contributed by atoms with van der Waals surface area (Å²) < 4.78 is 1.85. The SMILES string of the molecule is Cc1cc(C)n([C@@H](CNC(=O)C(=O)Nc2ccccc2C#N)c2cccs2)n1. The lowest BCUT2D eigenvalue weighted by molar-refractivity contribution is -0.136. The van der Waals surface area contributed by atoms with Gasteiger partial charge >= 0.3 is 11.8 Å². The van der Waals surface area contributed by atoms with Crippen molar-refractivity contribution in [3.8, 4) is 6.07 Å². The van der Waals surface area contributed by atoms with Crippen LogP contribution < -0.4 is 10.6 Å². The number of para-hydroxylation sites is 1. The van der Waals surface area contributed by atoms with Gasteiger partial charge in [0.2, 0.25) is 0 Å². The molecule has 0 radical (unpaired) electrons. The van der Waals surface area contributed by atoms with Crippen molar-refractivity contribution in [2.75, 3.05) is 11.9 Å². The molecule has 2 heterocycles. The van der Waals surface area contributed by atoms with E-state index in [4.69, 9.17) is 5.26 Å². The molecular weight excluding hydrogens is 374 g/mol. The lowest BCUT2D eigenvalue weighted by atomic mass is 10.2. The largest absolute Gasteiger partial charge is 0.345 e. The number of carbonyl (C=O) groups excluding carboxylic acids is 2. The average molecular weight is 393 g/mol. The lowest BCUT2D eigenvalue weighted by Gasteiger charge is -2.18. The molecule has 2 N–H and O–H groups in total. The average Bonchev–Trinajstić information content (AvgIpc) is 3.32. The van der Waals surface area contributed by atoms with Crippen LogP contribution in [-0.2, 0) is 9.59 Å². The maximum Gasteiger partial charge on any atom is 0.313 e. The molecule has 0 aliphatic rings. The zero-order valence-corrected chi connectivity index (χ0v) is 16.3. The Kier molecular flexibility index (Phi) is 5.87. The van der Waals surface area contributed by atoms with E-state index in [2.05, 4.69) is 15.7 Å². The summed E-state index contributed by atoms with van der Waals surface area (Å²) in [5, 5.41) is 20.7. The number of hydrogen-bond donors (Lipinski definition) is 2. The molecule has 0 spiro atoms. The highest BCUT2D eigenvalue weighted by atomic mass is 32.1. The second-order valence-corrected chi connectivity index (χ2v) is 7.20. The van der Waals surface area contributed by atoms with E-state index in [1.54, 1.807) is 35.6 Å². The third kappa shape index (κ3) is 4.27. The molecule has 0 bridgehead atoms. The van der Waals surface area contributed by atoms with Gasteiger partial charge in [-0.25, -0.2) is 0 Å². The van der Waals surface area contributed by atoms with Crippen LogP contribution in [0.1, 0.15) is 27.9 Å². The van der Waals surface area contributed by atoms with E-state index < -0.39 is 11.8 Å². The predicted octanol–water partition coefficient (Wildman–Crippen LogP) is 2.78. The molecule has 0 saturated heterocycles. The van der Waals surface area contributed by atoms with Gasteiger partial charge < -0.3 is 10.6 Å². The summed E-state index contributed by atoms with van der Waals surface area (Å²) in [5.41, 5.74) is 2.45. The van der Waals surface area contributed by atoms with Crippen LogP contribution in [0.4, 0.5) is 5.69 Å². The minimum atomic E-state index is -0.819. The molecule has 0 fully saturated rings. The molecule has 7 nitrogen and oxygen atoms in total. The standard InChI is InChI=1S/C20H19N5O2S/c1-13-10-14(2)25(24-13)17(18-8-5-9-28-18)12-22-19(26)20(27)23-16-7-4-3-6-15(16)11-21/h3-10,17H,12H2,1-2H3,(H,22,26)(H,23,27)/t17-/m0/s1. The Morgan fingerprint density at radius 2 is 2.00 bits per heavy atom. The number of carbonyl (C=O) groups is 2. The Bertz CT molecular complexity index is 1030. The van der Waals surface area contributed by atoms with E-state index in [1.807, 2.05) is 48.2 Å². The number of thiophene rings is 1. The summed E-state index contributed by atoms with van der Waals surface area (Å²) in [6.07, 6.45) is 0. The Hall–Kier alpha value is -3.44. The highest BCUT2D eigenvalue weighted by molar-refractivity contribution is 7.10. The summed E-state index contributed by atoms with van der Waals surface area (Å²) in [7, 11) is 0. The van der Waals surface area contributed by atoms with Gasteiger partial charge in [-0.2, -0.15) is 10.4 Å². The summed E-state index contributed by atoms with van der Waals surface area (Å²) in [5.74, 6) is -1.59. The maximum atomic E-state index is 12.3. The third-order valence-corrected chi connectivity index (χ3v) is 5.14. The fraction of sp³-hybridized carbons (Fsp3) is 0.200.